The quantitative estimate of drug-likeness (QED) is 0.814. The third-order valence-electron chi connectivity index (χ3n) is 2.26. The summed E-state index contributed by atoms with van der Waals surface area (Å²) in [5, 5.41) is 10.3. The van der Waals surface area contributed by atoms with Crippen molar-refractivity contribution in [2.45, 2.75) is 19.3 Å². The summed E-state index contributed by atoms with van der Waals surface area (Å²) in [4.78, 5) is 0. The van der Waals surface area contributed by atoms with Gasteiger partial charge in [0, 0.05) is 13.1 Å². The van der Waals surface area contributed by atoms with Crippen molar-refractivity contribution in [2.24, 2.45) is 0 Å². The van der Waals surface area contributed by atoms with E-state index in [0.29, 0.717) is 5.15 Å². The van der Waals surface area contributed by atoms with Crippen molar-refractivity contribution in [2.75, 3.05) is 18.5 Å². The Morgan fingerprint density at radius 3 is 2.57 bits per heavy atom. The number of nitrogens with one attached hydrogen (secondary N) is 1. The standard InChI is InChI=1S/C9H13ClN4/c10-8-4-5-9(12-11-8)13-14-6-2-1-3-7-14/h4-5H,1-3,6-7H2,(H,12,13). The molecule has 0 aromatic carbocycles. The van der Waals surface area contributed by atoms with E-state index in [2.05, 4.69) is 20.6 Å². The molecule has 0 spiro atoms. The Kier molecular flexibility index (Phi) is 3.16. The second kappa shape index (κ2) is 4.57. The van der Waals surface area contributed by atoms with E-state index in [0.717, 1.165) is 18.9 Å². The minimum atomic E-state index is 0.425. The van der Waals surface area contributed by atoms with E-state index in [1.165, 1.54) is 19.3 Å². The second-order valence-electron chi connectivity index (χ2n) is 3.40. The number of nitrogens with zero attached hydrogens (tertiary/aromatic N) is 3. The molecule has 2 heterocycles. The van der Waals surface area contributed by atoms with Crippen molar-refractivity contribution >= 4 is 17.4 Å². The van der Waals surface area contributed by atoms with Crippen LogP contribution in [-0.2, 0) is 0 Å². The molecule has 2 rings (SSSR count). The fourth-order valence-corrected chi connectivity index (χ4v) is 1.64. The maximum Gasteiger partial charge on any atom is 0.163 e. The van der Waals surface area contributed by atoms with Gasteiger partial charge < -0.3 is 5.43 Å². The molecule has 0 bridgehead atoms. The Morgan fingerprint density at radius 1 is 1.14 bits per heavy atom. The molecule has 5 heteroatoms. The molecule has 0 atom stereocenters. The van der Waals surface area contributed by atoms with E-state index in [4.69, 9.17) is 11.6 Å². The Labute approximate surface area is 88.2 Å². The minimum Gasteiger partial charge on any atom is -0.302 e. The van der Waals surface area contributed by atoms with Crippen LogP contribution >= 0.6 is 11.6 Å². The topological polar surface area (TPSA) is 41.0 Å². The molecule has 76 valence electrons. The minimum absolute atomic E-state index is 0.425. The molecule has 0 radical (unpaired) electrons. The molecule has 1 aliphatic heterocycles. The van der Waals surface area contributed by atoms with Crippen LogP contribution in [0.25, 0.3) is 0 Å². The number of piperidine rings is 1. The maximum atomic E-state index is 5.64. The molecular formula is C9H13ClN4. The van der Waals surface area contributed by atoms with Gasteiger partial charge in [0.2, 0.25) is 0 Å². The highest BCUT2D eigenvalue weighted by atomic mass is 35.5. The van der Waals surface area contributed by atoms with Gasteiger partial charge in [0.05, 0.1) is 0 Å². The van der Waals surface area contributed by atoms with Crippen LogP contribution in [0.5, 0.6) is 0 Å². The summed E-state index contributed by atoms with van der Waals surface area (Å²) in [6.07, 6.45) is 3.81. The lowest BCUT2D eigenvalue weighted by Crippen LogP contribution is -2.35. The third-order valence-corrected chi connectivity index (χ3v) is 2.46. The Balaban J connectivity index is 1.92. The number of aromatic nitrogens is 2. The van der Waals surface area contributed by atoms with Crippen LogP contribution in [-0.4, -0.2) is 28.3 Å². The highest BCUT2D eigenvalue weighted by molar-refractivity contribution is 6.29. The molecule has 0 saturated carbocycles. The van der Waals surface area contributed by atoms with Crippen molar-refractivity contribution < 1.29 is 0 Å². The van der Waals surface area contributed by atoms with Crippen LogP contribution in [0, 0.1) is 0 Å². The molecule has 4 nitrogen and oxygen atoms in total. The number of hydrogen-bond acceptors (Lipinski definition) is 4. The summed E-state index contributed by atoms with van der Waals surface area (Å²) in [7, 11) is 0. The average molecular weight is 213 g/mol. The highest BCUT2D eigenvalue weighted by Gasteiger charge is 2.09. The Morgan fingerprint density at radius 2 is 1.93 bits per heavy atom. The molecular weight excluding hydrogens is 200 g/mol. The van der Waals surface area contributed by atoms with Crippen molar-refractivity contribution in [1.29, 1.82) is 0 Å². The summed E-state index contributed by atoms with van der Waals surface area (Å²) in [6, 6.07) is 3.57. The first kappa shape index (κ1) is 9.68. The zero-order chi connectivity index (χ0) is 9.80. The van der Waals surface area contributed by atoms with Gasteiger partial charge in [-0.05, 0) is 25.0 Å². The Hall–Kier alpha value is -0.870. The number of hydrazine groups is 1. The summed E-state index contributed by atoms with van der Waals surface area (Å²) >= 11 is 5.64. The molecule has 0 amide bonds. The number of rotatable bonds is 2. The highest BCUT2D eigenvalue weighted by Crippen LogP contribution is 2.11. The van der Waals surface area contributed by atoms with E-state index in [9.17, 15) is 0 Å². The third kappa shape index (κ3) is 2.56. The molecule has 1 N–H and O–H groups in total. The van der Waals surface area contributed by atoms with Gasteiger partial charge in [-0.1, -0.05) is 18.0 Å². The maximum absolute atomic E-state index is 5.64. The predicted molar refractivity (Wildman–Crippen MR) is 56.1 cm³/mol. The molecule has 1 fully saturated rings. The molecule has 1 aliphatic rings. The monoisotopic (exact) mass is 212 g/mol. The summed E-state index contributed by atoms with van der Waals surface area (Å²) in [6.45, 7) is 2.15. The van der Waals surface area contributed by atoms with E-state index in [1.807, 2.05) is 6.07 Å². The SMILES string of the molecule is Clc1ccc(NN2CCCCC2)nn1. The molecule has 0 unspecified atom stereocenters. The van der Waals surface area contributed by atoms with Crippen LogP contribution in [0.3, 0.4) is 0 Å². The smallest absolute Gasteiger partial charge is 0.163 e. The van der Waals surface area contributed by atoms with Crippen molar-refractivity contribution in [1.82, 2.24) is 15.2 Å². The van der Waals surface area contributed by atoms with Crippen LogP contribution < -0.4 is 5.43 Å². The first-order chi connectivity index (χ1) is 6.84. The zero-order valence-electron chi connectivity index (χ0n) is 7.91. The van der Waals surface area contributed by atoms with Gasteiger partial charge in [-0.2, -0.15) is 0 Å². The lowest BCUT2D eigenvalue weighted by atomic mass is 10.2. The van der Waals surface area contributed by atoms with Crippen molar-refractivity contribution in [3.8, 4) is 0 Å². The fraction of sp³-hybridized carbons (Fsp3) is 0.556. The number of halogens is 1. The second-order valence-corrected chi connectivity index (χ2v) is 3.79. The van der Waals surface area contributed by atoms with E-state index in [-0.39, 0.29) is 0 Å². The zero-order valence-corrected chi connectivity index (χ0v) is 8.67. The largest absolute Gasteiger partial charge is 0.302 e. The molecule has 1 aromatic rings. The molecule has 0 aliphatic carbocycles. The van der Waals surface area contributed by atoms with Crippen molar-refractivity contribution in [3.05, 3.63) is 17.3 Å². The lowest BCUT2D eigenvalue weighted by Gasteiger charge is -2.26. The van der Waals surface area contributed by atoms with E-state index < -0.39 is 0 Å². The fourth-order valence-electron chi connectivity index (χ4n) is 1.54. The van der Waals surface area contributed by atoms with Gasteiger partial charge in [0.1, 0.15) is 0 Å². The van der Waals surface area contributed by atoms with E-state index >= 15 is 0 Å². The first-order valence-electron chi connectivity index (χ1n) is 4.85. The van der Waals surface area contributed by atoms with Crippen LogP contribution in [0.1, 0.15) is 19.3 Å². The lowest BCUT2D eigenvalue weighted by molar-refractivity contribution is 0.272. The van der Waals surface area contributed by atoms with Gasteiger partial charge in [0.25, 0.3) is 0 Å². The molecule has 14 heavy (non-hydrogen) atoms. The van der Waals surface area contributed by atoms with Crippen LogP contribution in [0.2, 0.25) is 5.15 Å². The van der Waals surface area contributed by atoms with E-state index in [1.54, 1.807) is 6.07 Å². The van der Waals surface area contributed by atoms with Crippen molar-refractivity contribution in [3.63, 3.8) is 0 Å². The van der Waals surface area contributed by atoms with Gasteiger partial charge in [-0.3, -0.25) is 0 Å². The number of hydrogen-bond donors (Lipinski definition) is 1. The molecule has 1 aromatic heterocycles. The van der Waals surface area contributed by atoms with Gasteiger partial charge in [-0.25, -0.2) is 5.01 Å². The van der Waals surface area contributed by atoms with Gasteiger partial charge >= 0.3 is 0 Å². The van der Waals surface area contributed by atoms with Crippen LogP contribution in [0.15, 0.2) is 12.1 Å². The van der Waals surface area contributed by atoms with Gasteiger partial charge in [0.15, 0.2) is 11.0 Å². The summed E-state index contributed by atoms with van der Waals surface area (Å²) < 4.78 is 0. The summed E-state index contributed by atoms with van der Waals surface area (Å²) in [5.41, 5.74) is 3.21. The molecule has 1 saturated heterocycles. The normalized spacial score (nSPS) is 18.1. The number of anilines is 1. The summed E-state index contributed by atoms with van der Waals surface area (Å²) in [5.74, 6) is 0.760. The predicted octanol–water partition coefficient (Wildman–Crippen LogP) is 1.94. The Bertz CT molecular complexity index is 281. The van der Waals surface area contributed by atoms with Crippen LogP contribution in [0.4, 0.5) is 5.82 Å². The van der Waals surface area contributed by atoms with Gasteiger partial charge in [-0.15, -0.1) is 10.2 Å². The first-order valence-corrected chi connectivity index (χ1v) is 5.23. The average Bonchev–Trinajstić information content (AvgIpc) is 2.23.